The highest BCUT2D eigenvalue weighted by molar-refractivity contribution is 5.62. The maximum absolute atomic E-state index is 5.39. The van der Waals surface area contributed by atoms with Crippen molar-refractivity contribution in [2.75, 3.05) is 32.2 Å². The van der Waals surface area contributed by atoms with Gasteiger partial charge in [0, 0.05) is 32.5 Å². The van der Waals surface area contributed by atoms with Crippen LogP contribution >= 0.6 is 0 Å². The van der Waals surface area contributed by atoms with E-state index in [0.29, 0.717) is 18.3 Å². The molecule has 0 atom stereocenters. The molecule has 0 N–H and O–H groups in total. The average molecular weight is 324 g/mol. The van der Waals surface area contributed by atoms with Gasteiger partial charge in [0.1, 0.15) is 5.82 Å². The van der Waals surface area contributed by atoms with Crippen LogP contribution < -0.4 is 4.90 Å². The molecular formula is C18H20N4O2. The fourth-order valence-electron chi connectivity index (χ4n) is 2.36. The van der Waals surface area contributed by atoms with Gasteiger partial charge in [0.15, 0.2) is 0 Å². The SMILES string of the molecule is COCCN(C)c1ccc(-c2nc(-c3ccccc3C)no2)cn1. The quantitative estimate of drug-likeness (QED) is 0.694. The Balaban J connectivity index is 1.79. The fraction of sp³-hybridized carbons (Fsp3) is 0.278. The van der Waals surface area contributed by atoms with Crippen molar-refractivity contribution < 1.29 is 9.26 Å². The minimum absolute atomic E-state index is 0.465. The molecule has 2 aromatic heterocycles. The number of hydrogen-bond acceptors (Lipinski definition) is 6. The summed E-state index contributed by atoms with van der Waals surface area (Å²) >= 11 is 0. The van der Waals surface area contributed by atoms with Gasteiger partial charge in [0.25, 0.3) is 5.89 Å². The third-order valence-electron chi connectivity index (χ3n) is 3.83. The summed E-state index contributed by atoms with van der Waals surface area (Å²) < 4.78 is 10.5. The van der Waals surface area contributed by atoms with Gasteiger partial charge in [-0.1, -0.05) is 29.4 Å². The summed E-state index contributed by atoms with van der Waals surface area (Å²) in [5, 5.41) is 4.08. The van der Waals surface area contributed by atoms with E-state index in [0.717, 1.165) is 29.1 Å². The van der Waals surface area contributed by atoms with Crippen LogP contribution in [0, 0.1) is 6.92 Å². The van der Waals surface area contributed by atoms with E-state index in [9.17, 15) is 0 Å². The number of likely N-dealkylation sites (N-methyl/N-ethyl adjacent to an activating group) is 1. The maximum atomic E-state index is 5.39. The molecule has 0 bridgehead atoms. The Labute approximate surface area is 141 Å². The molecule has 0 radical (unpaired) electrons. The van der Waals surface area contributed by atoms with Gasteiger partial charge < -0.3 is 14.2 Å². The zero-order valence-electron chi connectivity index (χ0n) is 14.1. The second-order valence-electron chi connectivity index (χ2n) is 5.56. The van der Waals surface area contributed by atoms with Crippen molar-refractivity contribution in [2.24, 2.45) is 0 Å². The van der Waals surface area contributed by atoms with E-state index < -0.39 is 0 Å². The lowest BCUT2D eigenvalue weighted by atomic mass is 10.1. The van der Waals surface area contributed by atoms with E-state index in [1.807, 2.05) is 55.3 Å². The van der Waals surface area contributed by atoms with Gasteiger partial charge in [-0.2, -0.15) is 4.98 Å². The molecule has 0 spiro atoms. The number of anilines is 1. The van der Waals surface area contributed by atoms with E-state index in [-0.39, 0.29) is 0 Å². The van der Waals surface area contributed by atoms with Crippen LogP contribution in [0.4, 0.5) is 5.82 Å². The summed E-state index contributed by atoms with van der Waals surface area (Å²) in [5.74, 6) is 1.92. The van der Waals surface area contributed by atoms with Gasteiger partial charge in [-0.25, -0.2) is 4.98 Å². The van der Waals surface area contributed by atoms with Crippen LogP contribution in [0.15, 0.2) is 47.1 Å². The van der Waals surface area contributed by atoms with Gasteiger partial charge in [-0.15, -0.1) is 0 Å². The van der Waals surface area contributed by atoms with Crippen LogP contribution in [-0.4, -0.2) is 42.4 Å². The van der Waals surface area contributed by atoms with Crippen molar-refractivity contribution in [3.05, 3.63) is 48.2 Å². The molecule has 1 aromatic carbocycles. The molecule has 6 nitrogen and oxygen atoms in total. The lowest BCUT2D eigenvalue weighted by Gasteiger charge is -2.17. The Hall–Kier alpha value is -2.73. The number of ether oxygens (including phenoxy) is 1. The first-order valence-corrected chi connectivity index (χ1v) is 7.75. The van der Waals surface area contributed by atoms with Crippen LogP contribution in [0.25, 0.3) is 22.8 Å². The Morgan fingerprint density at radius 2 is 2.00 bits per heavy atom. The van der Waals surface area contributed by atoms with Crippen LogP contribution in [-0.2, 0) is 4.74 Å². The van der Waals surface area contributed by atoms with E-state index in [1.165, 1.54) is 0 Å². The monoisotopic (exact) mass is 324 g/mol. The number of aromatic nitrogens is 3. The molecule has 0 fully saturated rings. The predicted molar refractivity (Wildman–Crippen MR) is 92.8 cm³/mol. The van der Waals surface area contributed by atoms with Gasteiger partial charge in [-0.3, -0.25) is 0 Å². The molecule has 6 heteroatoms. The lowest BCUT2D eigenvalue weighted by Crippen LogP contribution is -2.22. The molecule has 0 unspecified atom stereocenters. The average Bonchev–Trinajstić information content (AvgIpc) is 3.10. The predicted octanol–water partition coefficient (Wildman–Crippen LogP) is 3.19. The number of rotatable bonds is 6. The Kier molecular flexibility index (Phi) is 4.86. The molecule has 3 rings (SSSR count). The van der Waals surface area contributed by atoms with Gasteiger partial charge in [0.2, 0.25) is 5.82 Å². The Morgan fingerprint density at radius 3 is 2.71 bits per heavy atom. The number of pyridine rings is 1. The van der Waals surface area contributed by atoms with Crippen LogP contribution in [0.5, 0.6) is 0 Å². The van der Waals surface area contributed by atoms with Crippen molar-refractivity contribution >= 4 is 5.82 Å². The van der Waals surface area contributed by atoms with Crippen molar-refractivity contribution in [3.8, 4) is 22.8 Å². The molecule has 0 saturated carbocycles. The molecule has 24 heavy (non-hydrogen) atoms. The van der Waals surface area contributed by atoms with Crippen molar-refractivity contribution in [3.63, 3.8) is 0 Å². The van der Waals surface area contributed by atoms with Gasteiger partial charge >= 0.3 is 0 Å². The first-order chi connectivity index (χ1) is 11.7. The highest BCUT2D eigenvalue weighted by Crippen LogP contribution is 2.24. The number of benzene rings is 1. The molecule has 2 heterocycles. The summed E-state index contributed by atoms with van der Waals surface area (Å²) in [6.45, 7) is 3.46. The van der Waals surface area contributed by atoms with Gasteiger partial charge in [-0.05, 0) is 24.6 Å². The van der Waals surface area contributed by atoms with E-state index in [4.69, 9.17) is 9.26 Å². The summed E-state index contributed by atoms with van der Waals surface area (Å²) in [4.78, 5) is 11.0. The summed E-state index contributed by atoms with van der Waals surface area (Å²) in [7, 11) is 3.66. The van der Waals surface area contributed by atoms with E-state index in [2.05, 4.69) is 15.1 Å². The molecule has 0 amide bonds. The number of nitrogens with zero attached hydrogens (tertiary/aromatic N) is 4. The summed E-state index contributed by atoms with van der Waals surface area (Å²) in [6, 6.07) is 11.8. The molecule has 0 aliphatic carbocycles. The molecule has 0 aliphatic rings. The summed E-state index contributed by atoms with van der Waals surface area (Å²) in [5.41, 5.74) is 2.88. The number of aryl methyl sites for hydroxylation is 1. The minimum atomic E-state index is 0.465. The van der Waals surface area contributed by atoms with E-state index in [1.54, 1.807) is 13.3 Å². The third kappa shape index (κ3) is 3.44. The minimum Gasteiger partial charge on any atom is -0.383 e. The first-order valence-electron chi connectivity index (χ1n) is 7.75. The molecular weight excluding hydrogens is 304 g/mol. The van der Waals surface area contributed by atoms with Crippen LogP contribution in [0.3, 0.4) is 0 Å². The third-order valence-corrected chi connectivity index (χ3v) is 3.83. The van der Waals surface area contributed by atoms with Crippen molar-refractivity contribution in [2.45, 2.75) is 6.92 Å². The number of hydrogen-bond donors (Lipinski definition) is 0. The number of methoxy groups -OCH3 is 1. The van der Waals surface area contributed by atoms with Crippen LogP contribution in [0.1, 0.15) is 5.56 Å². The standard InChI is InChI=1S/C18H20N4O2/c1-13-6-4-5-7-15(13)17-20-18(24-21-17)14-8-9-16(19-12-14)22(2)10-11-23-3/h4-9,12H,10-11H2,1-3H3. The second-order valence-corrected chi connectivity index (χ2v) is 5.56. The zero-order valence-corrected chi connectivity index (χ0v) is 14.1. The topological polar surface area (TPSA) is 64.3 Å². The lowest BCUT2D eigenvalue weighted by molar-refractivity contribution is 0.206. The highest BCUT2D eigenvalue weighted by atomic mass is 16.5. The Bertz CT molecular complexity index is 799. The molecule has 0 saturated heterocycles. The fourth-order valence-corrected chi connectivity index (χ4v) is 2.36. The maximum Gasteiger partial charge on any atom is 0.259 e. The second kappa shape index (κ2) is 7.23. The molecule has 124 valence electrons. The zero-order chi connectivity index (χ0) is 16.9. The summed E-state index contributed by atoms with van der Waals surface area (Å²) in [6.07, 6.45) is 1.74. The van der Waals surface area contributed by atoms with Crippen molar-refractivity contribution in [1.29, 1.82) is 0 Å². The first kappa shape index (κ1) is 16.1. The molecule has 3 aromatic rings. The normalized spacial score (nSPS) is 10.8. The van der Waals surface area contributed by atoms with E-state index >= 15 is 0 Å². The molecule has 0 aliphatic heterocycles. The smallest absolute Gasteiger partial charge is 0.259 e. The van der Waals surface area contributed by atoms with Gasteiger partial charge in [0.05, 0.1) is 12.2 Å². The Morgan fingerprint density at radius 1 is 1.17 bits per heavy atom. The largest absolute Gasteiger partial charge is 0.383 e. The van der Waals surface area contributed by atoms with Crippen LogP contribution in [0.2, 0.25) is 0 Å². The van der Waals surface area contributed by atoms with Crippen molar-refractivity contribution in [1.82, 2.24) is 15.1 Å². The highest BCUT2D eigenvalue weighted by Gasteiger charge is 2.13.